The standard InChI is InChI=1S/C25H29N3O3/c1-28(2)22(21-13-6-7-14-23(21)31-3)16-26-25(30)17-27-24(29)15-19-11-8-10-18-9-4-5-12-20(18)19/h4-14,22H,15-17H2,1-3H3,(H,26,30)(H,27,29)/p+1/t22-/m0/s1. The van der Waals surface area contributed by atoms with Gasteiger partial charge in [0.15, 0.2) is 0 Å². The Labute approximate surface area is 183 Å². The molecule has 0 heterocycles. The van der Waals surface area contributed by atoms with Crippen molar-refractivity contribution in [2.24, 2.45) is 0 Å². The van der Waals surface area contributed by atoms with Crippen LogP contribution in [0.4, 0.5) is 0 Å². The predicted molar refractivity (Wildman–Crippen MR) is 122 cm³/mol. The lowest BCUT2D eigenvalue weighted by Crippen LogP contribution is -3.07. The van der Waals surface area contributed by atoms with Crippen LogP contribution in [0.2, 0.25) is 0 Å². The molecular formula is C25H30N3O3+. The molecular weight excluding hydrogens is 390 g/mol. The number of hydrogen-bond donors (Lipinski definition) is 3. The molecule has 2 amide bonds. The Morgan fingerprint density at radius 3 is 2.39 bits per heavy atom. The van der Waals surface area contributed by atoms with Gasteiger partial charge in [-0.15, -0.1) is 0 Å². The molecule has 1 atom stereocenters. The van der Waals surface area contributed by atoms with Crippen molar-refractivity contribution in [3.05, 3.63) is 77.9 Å². The molecule has 6 heteroatoms. The second-order valence-electron chi connectivity index (χ2n) is 7.77. The molecule has 3 rings (SSSR count). The quantitative estimate of drug-likeness (QED) is 0.491. The molecule has 0 aliphatic rings. The van der Waals surface area contributed by atoms with Gasteiger partial charge in [-0.3, -0.25) is 9.59 Å². The summed E-state index contributed by atoms with van der Waals surface area (Å²) in [4.78, 5) is 25.9. The molecule has 0 bridgehead atoms. The van der Waals surface area contributed by atoms with Gasteiger partial charge >= 0.3 is 0 Å². The number of carbonyl (C=O) groups excluding carboxylic acids is 2. The lowest BCUT2D eigenvalue weighted by atomic mass is 10.0. The summed E-state index contributed by atoms with van der Waals surface area (Å²) in [6, 6.07) is 21.7. The predicted octanol–water partition coefficient (Wildman–Crippen LogP) is 1.51. The Kier molecular flexibility index (Phi) is 7.62. The number of fused-ring (bicyclic) bond motifs is 1. The maximum absolute atomic E-state index is 12.4. The van der Waals surface area contributed by atoms with E-state index in [2.05, 4.69) is 10.6 Å². The van der Waals surface area contributed by atoms with Crippen molar-refractivity contribution in [3.63, 3.8) is 0 Å². The molecule has 0 saturated heterocycles. The Balaban J connectivity index is 1.53. The minimum Gasteiger partial charge on any atom is -0.496 e. The molecule has 0 unspecified atom stereocenters. The Hall–Kier alpha value is -3.38. The molecule has 0 saturated carbocycles. The summed E-state index contributed by atoms with van der Waals surface area (Å²) < 4.78 is 5.47. The largest absolute Gasteiger partial charge is 0.496 e. The summed E-state index contributed by atoms with van der Waals surface area (Å²) in [6.45, 7) is 0.395. The van der Waals surface area contributed by atoms with Gasteiger partial charge < -0.3 is 20.3 Å². The molecule has 0 spiro atoms. The van der Waals surface area contributed by atoms with Crippen LogP contribution in [-0.4, -0.2) is 46.1 Å². The molecule has 3 N–H and O–H groups in total. The van der Waals surface area contributed by atoms with Crippen LogP contribution in [0, 0.1) is 0 Å². The zero-order chi connectivity index (χ0) is 22.2. The third-order valence-corrected chi connectivity index (χ3v) is 5.39. The van der Waals surface area contributed by atoms with Gasteiger partial charge in [-0.2, -0.15) is 0 Å². The molecule has 162 valence electrons. The number of quaternary nitrogens is 1. The van der Waals surface area contributed by atoms with Gasteiger partial charge in [0.2, 0.25) is 11.8 Å². The molecule has 6 nitrogen and oxygen atoms in total. The van der Waals surface area contributed by atoms with E-state index in [0.717, 1.165) is 27.6 Å². The van der Waals surface area contributed by atoms with Gasteiger partial charge in [-0.1, -0.05) is 54.6 Å². The number of likely N-dealkylation sites (N-methyl/N-ethyl adjacent to an activating group) is 1. The van der Waals surface area contributed by atoms with E-state index < -0.39 is 0 Å². The van der Waals surface area contributed by atoms with Crippen molar-refractivity contribution in [1.29, 1.82) is 0 Å². The summed E-state index contributed by atoms with van der Waals surface area (Å²) in [5.74, 6) is 0.407. The highest BCUT2D eigenvalue weighted by atomic mass is 16.5. The van der Waals surface area contributed by atoms with Crippen molar-refractivity contribution < 1.29 is 19.2 Å². The Morgan fingerprint density at radius 2 is 1.61 bits per heavy atom. The van der Waals surface area contributed by atoms with Crippen molar-refractivity contribution in [2.75, 3.05) is 34.3 Å². The fourth-order valence-electron chi connectivity index (χ4n) is 3.72. The van der Waals surface area contributed by atoms with Crippen LogP contribution in [0.25, 0.3) is 10.8 Å². The lowest BCUT2D eigenvalue weighted by Gasteiger charge is -2.23. The van der Waals surface area contributed by atoms with Gasteiger partial charge in [0.05, 0.1) is 46.3 Å². The third kappa shape index (κ3) is 5.83. The van der Waals surface area contributed by atoms with Crippen LogP contribution in [0.3, 0.4) is 0 Å². The van der Waals surface area contributed by atoms with Crippen LogP contribution in [0.1, 0.15) is 17.2 Å². The number of carbonyl (C=O) groups is 2. The minimum absolute atomic E-state index is 0.0338. The van der Waals surface area contributed by atoms with Gasteiger partial charge in [0, 0.05) is 0 Å². The van der Waals surface area contributed by atoms with Crippen LogP contribution in [0.15, 0.2) is 66.7 Å². The van der Waals surface area contributed by atoms with Crippen molar-refractivity contribution in [1.82, 2.24) is 10.6 Å². The maximum Gasteiger partial charge on any atom is 0.239 e. The van der Waals surface area contributed by atoms with Crippen LogP contribution >= 0.6 is 0 Å². The Bertz CT molecular complexity index is 1040. The van der Waals surface area contributed by atoms with E-state index in [1.54, 1.807) is 7.11 Å². The summed E-state index contributed by atoms with van der Waals surface area (Å²) in [5.41, 5.74) is 1.98. The van der Waals surface area contributed by atoms with E-state index in [4.69, 9.17) is 4.74 Å². The monoisotopic (exact) mass is 420 g/mol. The smallest absolute Gasteiger partial charge is 0.239 e. The van der Waals surface area contributed by atoms with Gasteiger partial charge in [-0.25, -0.2) is 0 Å². The van der Waals surface area contributed by atoms with Gasteiger partial charge in [-0.05, 0) is 28.5 Å². The van der Waals surface area contributed by atoms with E-state index in [0.29, 0.717) is 6.54 Å². The first-order chi connectivity index (χ1) is 15.0. The summed E-state index contributed by atoms with van der Waals surface area (Å²) in [6.07, 6.45) is 0.236. The Morgan fingerprint density at radius 1 is 0.903 bits per heavy atom. The first kappa shape index (κ1) is 22.3. The minimum atomic E-state index is -0.215. The van der Waals surface area contributed by atoms with Gasteiger partial charge in [0.25, 0.3) is 0 Å². The third-order valence-electron chi connectivity index (χ3n) is 5.39. The molecule has 3 aromatic carbocycles. The number of rotatable bonds is 9. The highest BCUT2D eigenvalue weighted by molar-refractivity contribution is 5.91. The number of methoxy groups -OCH3 is 1. The van der Waals surface area contributed by atoms with E-state index in [1.807, 2.05) is 80.8 Å². The fourth-order valence-corrected chi connectivity index (χ4v) is 3.72. The zero-order valence-electron chi connectivity index (χ0n) is 18.3. The maximum atomic E-state index is 12.4. The SMILES string of the molecule is COc1ccccc1[C@H](CNC(=O)CNC(=O)Cc1cccc2ccccc12)[NH+](C)C. The molecule has 31 heavy (non-hydrogen) atoms. The molecule has 3 aromatic rings. The van der Waals surface area contributed by atoms with E-state index in [9.17, 15) is 9.59 Å². The molecule has 0 aliphatic heterocycles. The number of benzene rings is 3. The fraction of sp³-hybridized carbons (Fsp3) is 0.280. The molecule has 0 aromatic heterocycles. The summed E-state index contributed by atoms with van der Waals surface area (Å²) >= 11 is 0. The first-order valence-electron chi connectivity index (χ1n) is 10.4. The van der Waals surface area contributed by atoms with Gasteiger partial charge in [0.1, 0.15) is 11.8 Å². The van der Waals surface area contributed by atoms with Crippen molar-refractivity contribution in [3.8, 4) is 5.75 Å². The highest BCUT2D eigenvalue weighted by Gasteiger charge is 2.22. The molecule has 0 fully saturated rings. The highest BCUT2D eigenvalue weighted by Crippen LogP contribution is 2.22. The van der Waals surface area contributed by atoms with Crippen LogP contribution < -0.4 is 20.3 Å². The average molecular weight is 421 g/mol. The number of para-hydroxylation sites is 1. The van der Waals surface area contributed by atoms with Crippen LogP contribution in [0.5, 0.6) is 5.75 Å². The van der Waals surface area contributed by atoms with Crippen molar-refractivity contribution >= 4 is 22.6 Å². The second-order valence-corrected chi connectivity index (χ2v) is 7.77. The number of nitrogens with one attached hydrogen (secondary N) is 3. The summed E-state index contributed by atoms with van der Waals surface area (Å²) in [5, 5.41) is 7.81. The van der Waals surface area contributed by atoms with E-state index in [-0.39, 0.29) is 30.8 Å². The number of hydrogen-bond acceptors (Lipinski definition) is 3. The number of ether oxygens (including phenoxy) is 1. The average Bonchev–Trinajstić information content (AvgIpc) is 2.78. The second kappa shape index (κ2) is 10.6. The van der Waals surface area contributed by atoms with Crippen molar-refractivity contribution in [2.45, 2.75) is 12.5 Å². The topological polar surface area (TPSA) is 71.9 Å². The lowest BCUT2D eigenvalue weighted by molar-refractivity contribution is -0.890. The normalized spacial score (nSPS) is 11.9. The zero-order valence-corrected chi connectivity index (χ0v) is 18.3. The first-order valence-corrected chi connectivity index (χ1v) is 10.4. The van der Waals surface area contributed by atoms with E-state index in [1.165, 1.54) is 4.90 Å². The summed E-state index contributed by atoms with van der Waals surface area (Å²) in [7, 11) is 5.72. The number of amides is 2. The van der Waals surface area contributed by atoms with Crippen LogP contribution in [-0.2, 0) is 16.0 Å². The molecule has 0 aliphatic carbocycles. The molecule has 0 radical (unpaired) electrons. The van der Waals surface area contributed by atoms with E-state index >= 15 is 0 Å².